The Morgan fingerprint density at radius 1 is 0.914 bits per heavy atom. The summed E-state index contributed by atoms with van der Waals surface area (Å²) in [4.78, 5) is 28.0. The summed E-state index contributed by atoms with van der Waals surface area (Å²) in [6, 6.07) is 23.7. The molecule has 0 spiro atoms. The van der Waals surface area contributed by atoms with Crippen molar-refractivity contribution in [2.45, 2.75) is 45.7 Å². The van der Waals surface area contributed by atoms with Gasteiger partial charge in [0.25, 0.3) is 11.7 Å². The molecule has 3 aromatic rings. The number of carbonyl (C=O) groups is 2. The maximum absolute atomic E-state index is 13.3. The van der Waals surface area contributed by atoms with E-state index in [4.69, 9.17) is 4.74 Å². The van der Waals surface area contributed by atoms with Gasteiger partial charge in [0.05, 0.1) is 18.2 Å². The van der Waals surface area contributed by atoms with E-state index in [9.17, 15) is 14.7 Å². The molecule has 1 N–H and O–H groups in total. The molecule has 0 radical (unpaired) electrons. The third kappa shape index (κ3) is 4.99. The normalized spacial score (nSPS) is 17.6. The minimum absolute atomic E-state index is 0.0350. The number of carbonyl (C=O) groups excluding carboxylic acids is 2. The molecule has 180 valence electrons. The molecule has 1 heterocycles. The minimum Gasteiger partial charge on any atom is -0.507 e. The van der Waals surface area contributed by atoms with Crippen LogP contribution in [-0.4, -0.2) is 28.3 Å². The van der Waals surface area contributed by atoms with E-state index in [2.05, 4.69) is 20.8 Å². The summed E-state index contributed by atoms with van der Waals surface area (Å²) in [6.07, 6.45) is 0. The van der Waals surface area contributed by atoms with Crippen molar-refractivity contribution in [3.63, 3.8) is 0 Å². The van der Waals surface area contributed by atoms with Gasteiger partial charge >= 0.3 is 0 Å². The van der Waals surface area contributed by atoms with Gasteiger partial charge < -0.3 is 14.7 Å². The van der Waals surface area contributed by atoms with Crippen LogP contribution in [0.4, 0.5) is 0 Å². The van der Waals surface area contributed by atoms with Gasteiger partial charge in [-0.25, -0.2) is 0 Å². The highest BCUT2D eigenvalue weighted by Crippen LogP contribution is 2.41. The van der Waals surface area contributed by atoms with E-state index in [0.717, 1.165) is 16.7 Å². The van der Waals surface area contributed by atoms with Crippen LogP contribution in [0.5, 0.6) is 5.75 Å². The molecule has 1 amide bonds. The van der Waals surface area contributed by atoms with Crippen LogP contribution in [0, 0.1) is 0 Å². The molecule has 1 aliphatic rings. The maximum atomic E-state index is 13.3. The van der Waals surface area contributed by atoms with E-state index in [1.54, 1.807) is 29.2 Å². The lowest BCUT2D eigenvalue weighted by Crippen LogP contribution is -2.29. The Hall–Kier alpha value is -3.86. The number of Topliss-reactive ketones (excluding diaryl/α,β-unsaturated/α-hetero) is 1. The second-order valence-corrected chi connectivity index (χ2v) is 9.74. The van der Waals surface area contributed by atoms with Crippen molar-refractivity contribution in [3.05, 3.63) is 107 Å². The van der Waals surface area contributed by atoms with Crippen LogP contribution in [0.2, 0.25) is 0 Å². The summed E-state index contributed by atoms with van der Waals surface area (Å²) in [7, 11) is 0. The first-order valence-corrected chi connectivity index (χ1v) is 11.9. The van der Waals surface area contributed by atoms with Crippen molar-refractivity contribution in [3.8, 4) is 5.75 Å². The van der Waals surface area contributed by atoms with Gasteiger partial charge in [0.1, 0.15) is 11.5 Å². The number of aliphatic hydroxyl groups excluding tert-OH is 1. The summed E-state index contributed by atoms with van der Waals surface area (Å²) < 4.78 is 5.49. The lowest BCUT2D eigenvalue weighted by Gasteiger charge is -2.26. The quantitative estimate of drug-likeness (QED) is 0.273. The Labute approximate surface area is 206 Å². The van der Waals surface area contributed by atoms with Gasteiger partial charge in [0.15, 0.2) is 0 Å². The first-order chi connectivity index (χ1) is 16.7. The number of hydrogen-bond donors (Lipinski definition) is 1. The predicted octanol–water partition coefficient (Wildman–Crippen LogP) is 6.00. The highest BCUT2D eigenvalue weighted by Gasteiger charge is 2.46. The Balaban J connectivity index is 1.82. The standard InChI is InChI=1S/C30H31NO4/c1-5-35-24-17-13-22(14-18-24)27(32)25-26(21-11-15-23(16-12-21)30(2,3)4)31(29(34)28(25)33)19-20-9-7-6-8-10-20/h6-18,26,32H,5,19H2,1-4H3. The third-order valence-corrected chi connectivity index (χ3v) is 6.27. The van der Waals surface area contributed by atoms with Crippen molar-refractivity contribution in [2.24, 2.45) is 0 Å². The van der Waals surface area contributed by atoms with Crippen molar-refractivity contribution < 1.29 is 19.4 Å². The molecule has 4 rings (SSSR count). The molecule has 5 nitrogen and oxygen atoms in total. The van der Waals surface area contributed by atoms with Crippen LogP contribution in [0.15, 0.2) is 84.4 Å². The molecule has 35 heavy (non-hydrogen) atoms. The molecule has 0 aromatic heterocycles. The van der Waals surface area contributed by atoms with Gasteiger partial charge in [-0.1, -0.05) is 75.4 Å². The summed E-state index contributed by atoms with van der Waals surface area (Å²) in [5.41, 5.74) is 3.35. The summed E-state index contributed by atoms with van der Waals surface area (Å²) in [5.74, 6) is -0.821. The fraction of sp³-hybridized carbons (Fsp3) is 0.267. The van der Waals surface area contributed by atoms with Crippen LogP contribution in [-0.2, 0) is 21.5 Å². The highest BCUT2D eigenvalue weighted by molar-refractivity contribution is 6.46. The number of nitrogens with zero attached hydrogens (tertiary/aromatic N) is 1. The number of hydrogen-bond acceptors (Lipinski definition) is 4. The Morgan fingerprint density at radius 3 is 2.11 bits per heavy atom. The first kappa shape index (κ1) is 24.3. The Bertz CT molecular complexity index is 1240. The summed E-state index contributed by atoms with van der Waals surface area (Å²) >= 11 is 0. The zero-order chi connectivity index (χ0) is 25.2. The number of ketones is 1. The van der Waals surface area contributed by atoms with Gasteiger partial charge in [0.2, 0.25) is 0 Å². The summed E-state index contributed by atoms with van der Waals surface area (Å²) in [5, 5.41) is 11.3. The number of ether oxygens (including phenoxy) is 1. The average molecular weight is 470 g/mol. The molecule has 1 aliphatic heterocycles. The maximum Gasteiger partial charge on any atom is 0.295 e. The zero-order valence-electron chi connectivity index (χ0n) is 20.6. The second-order valence-electron chi connectivity index (χ2n) is 9.74. The molecular formula is C30H31NO4. The summed E-state index contributed by atoms with van der Waals surface area (Å²) in [6.45, 7) is 9.09. The number of likely N-dealkylation sites (tertiary alicyclic amines) is 1. The van der Waals surface area contributed by atoms with Gasteiger partial charge in [-0.2, -0.15) is 0 Å². The Kier molecular flexibility index (Phi) is 6.79. The topological polar surface area (TPSA) is 66.8 Å². The van der Waals surface area contributed by atoms with E-state index in [0.29, 0.717) is 17.9 Å². The fourth-order valence-electron chi connectivity index (χ4n) is 4.37. The van der Waals surface area contributed by atoms with Crippen molar-refractivity contribution in [1.82, 2.24) is 4.90 Å². The lowest BCUT2D eigenvalue weighted by molar-refractivity contribution is -0.140. The average Bonchev–Trinajstić information content (AvgIpc) is 3.09. The van der Waals surface area contributed by atoms with Gasteiger partial charge in [-0.3, -0.25) is 9.59 Å². The predicted molar refractivity (Wildman–Crippen MR) is 137 cm³/mol. The lowest BCUT2D eigenvalue weighted by atomic mass is 9.85. The molecule has 1 atom stereocenters. The second kappa shape index (κ2) is 9.79. The van der Waals surface area contributed by atoms with Crippen LogP contribution >= 0.6 is 0 Å². The molecule has 3 aromatic carbocycles. The van der Waals surface area contributed by atoms with Gasteiger partial charge in [0, 0.05) is 12.1 Å². The number of benzene rings is 3. The van der Waals surface area contributed by atoms with Crippen LogP contribution in [0.3, 0.4) is 0 Å². The Morgan fingerprint density at radius 2 is 1.54 bits per heavy atom. The molecule has 5 heteroatoms. The molecular weight excluding hydrogens is 438 g/mol. The molecule has 0 bridgehead atoms. The smallest absolute Gasteiger partial charge is 0.295 e. The minimum atomic E-state index is -0.698. The van der Waals surface area contributed by atoms with Gasteiger partial charge in [-0.05, 0) is 53.3 Å². The monoisotopic (exact) mass is 469 g/mol. The molecule has 1 fully saturated rings. The van der Waals surface area contributed by atoms with Crippen LogP contribution < -0.4 is 4.74 Å². The fourth-order valence-corrected chi connectivity index (χ4v) is 4.37. The van der Waals surface area contributed by atoms with E-state index in [-0.39, 0.29) is 23.3 Å². The highest BCUT2D eigenvalue weighted by atomic mass is 16.5. The molecule has 0 aliphatic carbocycles. The van der Waals surface area contributed by atoms with E-state index >= 15 is 0 Å². The largest absolute Gasteiger partial charge is 0.507 e. The molecule has 0 saturated carbocycles. The molecule has 1 unspecified atom stereocenters. The molecule has 1 saturated heterocycles. The number of aliphatic hydroxyl groups is 1. The van der Waals surface area contributed by atoms with Crippen molar-refractivity contribution in [2.75, 3.05) is 6.61 Å². The van der Waals surface area contributed by atoms with E-state index in [1.807, 2.05) is 61.5 Å². The van der Waals surface area contributed by atoms with Crippen molar-refractivity contribution in [1.29, 1.82) is 0 Å². The van der Waals surface area contributed by atoms with E-state index in [1.165, 1.54) is 0 Å². The number of amides is 1. The van der Waals surface area contributed by atoms with Crippen LogP contribution in [0.1, 0.15) is 56.0 Å². The zero-order valence-corrected chi connectivity index (χ0v) is 20.6. The first-order valence-electron chi connectivity index (χ1n) is 11.9. The van der Waals surface area contributed by atoms with E-state index < -0.39 is 17.7 Å². The number of rotatable bonds is 6. The SMILES string of the molecule is CCOc1ccc(C(O)=C2C(=O)C(=O)N(Cc3ccccc3)C2c2ccc(C(C)(C)C)cc2)cc1. The third-order valence-electron chi connectivity index (χ3n) is 6.27. The van der Waals surface area contributed by atoms with Crippen LogP contribution in [0.25, 0.3) is 5.76 Å². The van der Waals surface area contributed by atoms with Crippen molar-refractivity contribution >= 4 is 17.4 Å². The van der Waals surface area contributed by atoms with Gasteiger partial charge in [-0.15, -0.1) is 0 Å².